The second kappa shape index (κ2) is 4.20. The molecule has 1 aliphatic rings. The fourth-order valence-electron chi connectivity index (χ4n) is 1.64. The Labute approximate surface area is 89.5 Å². The number of aromatic nitrogens is 1. The van der Waals surface area contributed by atoms with E-state index in [1.54, 1.807) is 0 Å². The van der Waals surface area contributed by atoms with Crippen molar-refractivity contribution in [1.82, 2.24) is 4.57 Å². The molecule has 0 radical (unpaired) electrons. The molecule has 0 unspecified atom stereocenters. The fraction of sp³-hybridized carbons (Fsp3) is 0.556. The fourth-order valence-corrected chi connectivity index (χ4v) is 1.64. The topological polar surface area (TPSA) is 102 Å². The molecule has 1 aromatic heterocycles. The molecule has 0 spiro atoms. The zero-order valence-electron chi connectivity index (χ0n) is 8.28. The van der Waals surface area contributed by atoms with E-state index in [4.69, 9.17) is 9.84 Å². The van der Waals surface area contributed by atoms with Crippen LogP contribution >= 0.6 is 0 Å². The van der Waals surface area contributed by atoms with E-state index in [1.165, 1.54) is 6.20 Å². The number of ether oxygens (including phenoxy) is 1. The highest BCUT2D eigenvalue weighted by Crippen LogP contribution is 2.26. The standard InChI is InChI=1S/C9H11NO6/c11-4-6-5(12)3-7(15-6)10-2-1-8(13)16-9(10)14/h1-2,5-7,11-12H,3-4H2/t5-,6+,7+/m0/s1. The van der Waals surface area contributed by atoms with Gasteiger partial charge in [-0.1, -0.05) is 0 Å². The summed E-state index contributed by atoms with van der Waals surface area (Å²) in [6.45, 7) is -0.330. The number of hydrogen-bond acceptors (Lipinski definition) is 6. The van der Waals surface area contributed by atoms with Crippen molar-refractivity contribution < 1.29 is 19.4 Å². The van der Waals surface area contributed by atoms with E-state index in [1.807, 2.05) is 0 Å². The van der Waals surface area contributed by atoms with Crippen molar-refractivity contribution in [3.05, 3.63) is 33.2 Å². The minimum atomic E-state index is -0.844. The van der Waals surface area contributed by atoms with Gasteiger partial charge in [0.25, 0.3) is 0 Å². The smallest absolute Gasteiger partial charge is 0.394 e. The summed E-state index contributed by atoms with van der Waals surface area (Å²) in [4.78, 5) is 22.0. The van der Waals surface area contributed by atoms with Gasteiger partial charge >= 0.3 is 11.4 Å². The van der Waals surface area contributed by atoms with Crippen molar-refractivity contribution in [2.24, 2.45) is 0 Å². The Balaban J connectivity index is 2.27. The molecule has 0 saturated carbocycles. The van der Waals surface area contributed by atoms with E-state index in [0.717, 1.165) is 10.6 Å². The number of rotatable bonds is 2. The summed E-state index contributed by atoms with van der Waals surface area (Å²) in [5.41, 5.74) is -0.737. The third-order valence-electron chi connectivity index (χ3n) is 2.46. The molecule has 3 atom stereocenters. The molecule has 7 nitrogen and oxygen atoms in total. The molecule has 2 N–H and O–H groups in total. The highest BCUT2D eigenvalue weighted by molar-refractivity contribution is 4.85. The molecule has 2 rings (SSSR count). The predicted octanol–water partition coefficient (Wildman–Crippen LogP) is -1.56. The second-order valence-electron chi connectivity index (χ2n) is 3.52. The van der Waals surface area contributed by atoms with E-state index in [-0.39, 0.29) is 13.0 Å². The highest BCUT2D eigenvalue weighted by Gasteiger charge is 2.35. The maximum atomic E-state index is 11.3. The van der Waals surface area contributed by atoms with Crippen molar-refractivity contribution in [1.29, 1.82) is 0 Å². The predicted molar refractivity (Wildman–Crippen MR) is 50.9 cm³/mol. The van der Waals surface area contributed by atoms with Gasteiger partial charge in [0.05, 0.1) is 12.7 Å². The average molecular weight is 229 g/mol. The third-order valence-corrected chi connectivity index (χ3v) is 2.46. The Hall–Kier alpha value is -1.44. The maximum Gasteiger partial charge on any atom is 0.423 e. The Morgan fingerprint density at radius 2 is 2.25 bits per heavy atom. The summed E-state index contributed by atoms with van der Waals surface area (Å²) >= 11 is 0. The number of aliphatic hydroxyl groups excluding tert-OH is 2. The van der Waals surface area contributed by atoms with Gasteiger partial charge < -0.3 is 19.4 Å². The van der Waals surface area contributed by atoms with Gasteiger partial charge in [-0.2, -0.15) is 0 Å². The van der Waals surface area contributed by atoms with Crippen LogP contribution in [0.2, 0.25) is 0 Å². The van der Waals surface area contributed by atoms with Crippen LogP contribution in [-0.4, -0.2) is 33.6 Å². The van der Waals surface area contributed by atoms with Gasteiger partial charge in [-0.05, 0) is 0 Å². The van der Waals surface area contributed by atoms with Gasteiger partial charge in [0.1, 0.15) is 12.3 Å². The van der Waals surface area contributed by atoms with Gasteiger partial charge in [-0.3, -0.25) is 4.57 Å². The molecule has 0 aliphatic carbocycles. The highest BCUT2D eigenvalue weighted by atomic mass is 16.5. The van der Waals surface area contributed by atoms with Gasteiger partial charge in [0, 0.05) is 18.7 Å². The van der Waals surface area contributed by atoms with Crippen LogP contribution in [-0.2, 0) is 4.74 Å². The lowest BCUT2D eigenvalue weighted by molar-refractivity contribution is -0.0478. The van der Waals surface area contributed by atoms with Crippen LogP contribution in [0.3, 0.4) is 0 Å². The summed E-state index contributed by atoms with van der Waals surface area (Å²) in [6, 6.07) is 1.09. The van der Waals surface area contributed by atoms with Crippen molar-refractivity contribution in [3.8, 4) is 0 Å². The molecule has 16 heavy (non-hydrogen) atoms. The number of aliphatic hydroxyl groups is 2. The van der Waals surface area contributed by atoms with Gasteiger partial charge in [0.15, 0.2) is 0 Å². The first-order valence-corrected chi connectivity index (χ1v) is 4.78. The summed E-state index contributed by atoms with van der Waals surface area (Å²) in [5, 5.41) is 18.3. The lowest BCUT2D eigenvalue weighted by Gasteiger charge is -2.12. The van der Waals surface area contributed by atoms with E-state index in [2.05, 4.69) is 4.42 Å². The van der Waals surface area contributed by atoms with Gasteiger partial charge in [-0.25, -0.2) is 9.59 Å². The largest absolute Gasteiger partial charge is 0.423 e. The van der Waals surface area contributed by atoms with Crippen molar-refractivity contribution in [3.63, 3.8) is 0 Å². The van der Waals surface area contributed by atoms with Crippen LogP contribution in [0, 0.1) is 0 Å². The monoisotopic (exact) mass is 229 g/mol. The Bertz CT molecular complexity index is 477. The van der Waals surface area contributed by atoms with Crippen LogP contribution in [0.4, 0.5) is 0 Å². The molecule has 1 aliphatic heterocycles. The zero-order chi connectivity index (χ0) is 11.7. The van der Waals surface area contributed by atoms with Gasteiger partial charge in [0.2, 0.25) is 0 Å². The van der Waals surface area contributed by atoms with Crippen molar-refractivity contribution in [2.75, 3.05) is 6.61 Å². The molecular formula is C9H11NO6. The van der Waals surface area contributed by atoms with E-state index < -0.39 is 29.8 Å². The summed E-state index contributed by atoms with van der Waals surface area (Å²) in [6.07, 6.45) is -0.869. The van der Waals surface area contributed by atoms with Gasteiger partial charge in [-0.15, -0.1) is 0 Å². The zero-order valence-corrected chi connectivity index (χ0v) is 8.28. The second-order valence-corrected chi connectivity index (χ2v) is 3.52. The van der Waals surface area contributed by atoms with Crippen molar-refractivity contribution in [2.45, 2.75) is 24.9 Å². The van der Waals surface area contributed by atoms with Crippen LogP contribution in [0.5, 0.6) is 0 Å². The average Bonchev–Trinajstić information content (AvgIpc) is 2.59. The molecule has 1 saturated heterocycles. The molecular weight excluding hydrogens is 218 g/mol. The first-order chi connectivity index (χ1) is 7.61. The first-order valence-electron chi connectivity index (χ1n) is 4.78. The van der Waals surface area contributed by atoms with Crippen molar-refractivity contribution >= 4 is 0 Å². The molecule has 2 heterocycles. The third kappa shape index (κ3) is 1.92. The molecule has 0 bridgehead atoms. The van der Waals surface area contributed by atoms with Crippen LogP contribution < -0.4 is 11.4 Å². The van der Waals surface area contributed by atoms with Crippen LogP contribution in [0.25, 0.3) is 0 Å². The SMILES string of the molecule is O=c1ccn([C@H]2C[C@H](O)[C@@H](CO)O2)c(=O)o1. The first kappa shape index (κ1) is 11.1. The molecule has 88 valence electrons. The molecule has 1 fully saturated rings. The summed E-state index contributed by atoms with van der Waals surface area (Å²) in [5.74, 6) is -0.844. The molecule has 0 amide bonds. The molecule has 7 heteroatoms. The lowest BCUT2D eigenvalue weighted by Crippen LogP contribution is -2.27. The molecule has 0 aromatic carbocycles. The Morgan fingerprint density at radius 1 is 1.50 bits per heavy atom. The van der Waals surface area contributed by atoms with Crippen LogP contribution in [0.15, 0.2) is 26.3 Å². The van der Waals surface area contributed by atoms with E-state index >= 15 is 0 Å². The Morgan fingerprint density at radius 3 is 2.81 bits per heavy atom. The quantitative estimate of drug-likeness (QED) is 0.636. The summed E-state index contributed by atoms with van der Waals surface area (Å²) in [7, 11) is 0. The lowest BCUT2D eigenvalue weighted by atomic mass is 10.2. The number of hydrogen-bond donors (Lipinski definition) is 2. The van der Waals surface area contributed by atoms with Crippen LogP contribution in [0.1, 0.15) is 12.6 Å². The minimum Gasteiger partial charge on any atom is -0.394 e. The minimum absolute atomic E-state index is 0.166. The maximum absolute atomic E-state index is 11.3. The van der Waals surface area contributed by atoms with E-state index in [0.29, 0.717) is 0 Å². The Kier molecular flexibility index (Phi) is 2.90. The number of nitrogens with zero attached hydrogens (tertiary/aromatic N) is 1. The van der Waals surface area contributed by atoms with E-state index in [9.17, 15) is 14.7 Å². The summed E-state index contributed by atoms with van der Waals surface area (Å²) < 4.78 is 10.7. The normalized spacial score (nSPS) is 29.5. The molecule has 1 aromatic rings.